The van der Waals surface area contributed by atoms with E-state index < -0.39 is 0 Å². The summed E-state index contributed by atoms with van der Waals surface area (Å²) in [5.41, 5.74) is 2.99. The van der Waals surface area contributed by atoms with Gasteiger partial charge in [0.25, 0.3) is 0 Å². The van der Waals surface area contributed by atoms with Gasteiger partial charge in [-0.05, 0) is 49.6 Å². The van der Waals surface area contributed by atoms with Gasteiger partial charge in [0.15, 0.2) is 0 Å². The number of halogens is 1. The standard InChI is InChI=1S/C24H23ClN4O2/c1-16-27-20-5-2-3-6-21(20)29(16)15-23(30)28-12-4-7-22(28)24-26-14-19(31-24)13-17-8-10-18(25)11-9-17/h2-3,5-6,8-11,14,22H,4,7,12-13,15H2,1H3/t22-/m1/s1. The van der Waals surface area contributed by atoms with Gasteiger partial charge in [0.05, 0.1) is 17.2 Å². The molecule has 0 radical (unpaired) electrons. The summed E-state index contributed by atoms with van der Waals surface area (Å²) in [4.78, 5) is 24.2. The van der Waals surface area contributed by atoms with Gasteiger partial charge in [0.1, 0.15) is 24.2 Å². The molecule has 6 nitrogen and oxygen atoms in total. The zero-order chi connectivity index (χ0) is 21.4. The summed E-state index contributed by atoms with van der Waals surface area (Å²) in [5.74, 6) is 2.30. The summed E-state index contributed by atoms with van der Waals surface area (Å²) < 4.78 is 8.03. The van der Waals surface area contributed by atoms with Crippen LogP contribution in [0.5, 0.6) is 0 Å². The first kappa shape index (κ1) is 19.8. The maximum atomic E-state index is 13.2. The fourth-order valence-corrected chi connectivity index (χ4v) is 4.43. The minimum absolute atomic E-state index is 0.0613. The SMILES string of the molecule is Cc1nc2ccccc2n1CC(=O)N1CCC[C@@H]1c1ncc(Cc2ccc(Cl)cc2)o1. The second kappa shape index (κ2) is 8.19. The number of likely N-dealkylation sites (tertiary alicyclic amines) is 1. The number of carbonyl (C=O) groups excluding carboxylic acids is 1. The van der Waals surface area contributed by atoms with Crippen LogP contribution in [0.1, 0.15) is 41.9 Å². The van der Waals surface area contributed by atoms with Crippen molar-refractivity contribution >= 4 is 28.5 Å². The van der Waals surface area contributed by atoms with Crippen LogP contribution in [0.15, 0.2) is 59.1 Å². The first-order valence-corrected chi connectivity index (χ1v) is 10.9. The molecule has 1 amide bonds. The number of aromatic nitrogens is 3. The molecule has 158 valence electrons. The average molecular weight is 435 g/mol. The smallest absolute Gasteiger partial charge is 0.243 e. The Bertz CT molecular complexity index is 1230. The van der Waals surface area contributed by atoms with Gasteiger partial charge < -0.3 is 13.9 Å². The average Bonchev–Trinajstić information content (AvgIpc) is 3.49. The Hall–Kier alpha value is -3.12. The van der Waals surface area contributed by atoms with Crippen LogP contribution in [-0.4, -0.2) is 31.9 Å². The molecule has 0 unspecified atom stereocenters. The van der Waals surface area contributed by atoms with Gasteiger partial charge in [0.2, 0.25) is 11.8 Å². The zero-order valence-electron chi connectivity index (χ0n) is 17.3. The number of hydrogen-bond donors (Lipinski definition) is 0. The number of para-hydroxylation sites is 2. The van der Waals surface area contributed by atoms with E-state index in [0.717, 1.165) is 41.0 Å². The van der Waals surface area contributed by atoms with E-state index in [-0.39, 0.29) is 18.5 Å². The van der Waals surface area contributed by atoms with Gasteiger partial charge in [-0.15, -0.1) is 0 Å². The molecular formula is C24H23ClN4O2. The largest absolute Gasteiger partial charge is 0.443 e. The number of fused-ring (bicyclic) bond motifs is 1. The molecule has 1 aliphatic rings. The monoisotopic (exact) mass is 434 g/mol. The molecule has 3 heterocycles. The Morgan fingerprint density at radius 1 is 1.19 bits per heavy atom. The Labute approximate surface area is 185 Å². The van der Waals surface area contributed by atoms with Gasteiger partial charge in [0, 0.05) is 18.0 Å². The van der Waals surface area contributed by atoms with Crippen LogP contribution in [-0.2, 0) is 17.8 Å². The summed E-state index contributed by atoms with van der Waals surface area (Å²) in [6, 6.07) is 15.5. The van der Waals surface area contributed by atoms with Gasteiger partial charge in [-0.2, -0.15) is 0 Å². The van der Waals surface area contributed by atoms with Crippen molar-refractivity contribution in [2.75, 3.05) is 6.54 Å². The van der Waals surface area contributed by atoms with Crippen molar-refractivity contribution in [1.29, 1.82) is 0 Å². The molecular weight excluding hydrogens is 412 g/mol. The maximum Gasteiger partial charge on any atom is 0.243 e. The predicted octanol–water partition coefficient (Wildman–Crippen LogP) is 4.94. The minimum Gasteiger partial charge on any atom is -0.443 e. The number of imidazole rings is 1. The minimum atomic E-state index is -0.124. The Morgan fingerprint density at radius 3 is 2.84 bits per heavy atom. The van der Waals surface area contributed by atoms with Crippen LogP contribution in [0, 0.1) is 6.92 Å². The topological polar surface area (TPSA) is 64.2 Å². The Balaban J connectivity index is 1.32. The molecule has 0 saturated carbocycles. The normalized spacial score (nSPS) is 16.3. The lowest BCUT2D eigenvalue weighted by Gasteiger charge is -2.23. The second-order valence-corrected chi connectivity index (χ2v) is 8.38. The predicted molar refractivity (Wildman–Crippen MR) is 119 cm³/mol. The molecule has 1 fully saturated rings. The molecule has 2 aromatic carbocycles. The fraction of sp³-hybridized carbons (Fsp3) is 0.292. The number of benzene rings is 2. The van der Waals surface area contributed by atoms with Crippen molar-refractivity contribution in [3.63, 3.8) is 0 Å². The van der Waals surface area contributed by atoms with Gasteiger partial charge in [-0.1, -0.05) is 35.9 Å². The molecule has 1 atom stereocenters. The highest BCUT2D eigenvalue weighted by Crippen LogP contribution is 2.32. The number of amides is 1. The molecule has 0 spiro atoms. The summed E-state index contributed by atoms with van der Waals surface area (Å²) in [5, 5.41) is 0.711. The van der Waals surface area contributed by atoms with E-state index in [2.05, 4.69) is 9.97 Å². The van der Waals surface area contributed by atoms with E-state index in [4.69, 9.17) is 16.0 Å². The van der Waals surface area contributed by atoms with Crippen LogP contribution in [0.2, 0.25) is 5.02 Å². The third kappa shape index (κ3) is 3.95. The highest BCUT2D eigenvalue weighted by Gasteiger charge is 2.33. The van der Waals surface area contributed by atoms with E-state index in [1.54, 1.807) is 6.20 Å². The maximum absolute atomic E-state index is 13.2. The van der Waals surface area contributed by atoms with Gasteiger partial charge in [-0.3, -0.25) is 4.79 Å². The highest BCUT2D eigenvalue weighted by molar-refractivity contribution is 6.30. The Morgan fingerprint density at radius 2 is 2.00 bits per heavy atom. The number of carbonyl (C=O) groups is 1. The number of aryl methyl sites for hydroxylation is 1. The van der Waals surface area contributed by atoms with Crippen LogP contribution in [0.4, 0.5) is 0 Å². The third-order valence-corrected chi connectivity index (χ3v) is 6.11. The van der Waals surface area contributed by atoms with Crippen molar-refractivity contribution in [2.45, 2.75) is 38.8 Å². The number of hydrogen-bond acceptors (Lipinski definition) is 4. The zero-order valence-corrected chi connectivity index (χ0v) is 18.0. The molecule has 31 heavy (non-hydrogen) atoms. The molecule has 1 aliphatic heterocycles. The first-order chi connectivity index (χ1) is 15.1. The van der Waals surface area contributed by atoms with Crippen LogP contribution in [0.3, 0.4) is 0 Å². The van der Waals surface area contributed by atoms with Gasteiger partial charge >= 0.3 is 0 Å². The summed E-state index contributed by atoms with van der Waals surface area (Å²) >= 11 is 5.96. The highest BCUT2D eigenvalue weighted by atomic mass is 35.5. The Kier molecular flexibility index (Phi) is 5.24. The van der Waals surface area contributed by atoms with Crippen LogP contribution >= 0.6 is 11.6 Å². The number of rotatable bonds is 5. The molecule has 0 bridgehead atoms. The molecule has 7 heteroatoms. The molecule has 2 aromatic heterocycles. The van der Waals surface area contributed by atoms with E-state index in [1.165, 1.54) is 0 Å². The third-order valence-electron chi connectivity index (χ3n) is 5.86. The second-order valence-electron chi connectivity index (χ2n) is 7.95. The molecule has 5 rings (SSSR count). The summed E-state index contributed by atoms with van der Waals surface area (Å²) in [6.07, 6.45) is 4.20. The van der Waals surface area contributed by atoms with Crippen molar-refractivity contribution in [1.82, 2.24) is 19.4 Å². The van der Waals surface area contributed by atoms with Gasteiger partial charge in [-0.25, -0.2) is 9.97 Å². The van der Waals surface area contributed by atoms with Crippen molar-refractivity contribution in [3.05, 3.63) is 82.8 Å². The molecule has 0 aliphatic carbocycles. The lowest BCUT2D eigenvalue weighted by Crippen LogP contribution is -2.33. The van der Waals surface area contributed by atoms with Crippen molar-refractivity contribution in [3.8, 4) is 0 Å². The fourth-order valence-electron chi connectivity index (χ4n) is 4.31. The number of oxazole rings is 1. The van der Waals surface area contributed by atoms with E-state index in [9.17, 15) is 4.79 Å². The van der Waals surface area contributed by atoms with E-state index in [1.807, 2.05) is 64.9 Å². The lowest BCUT2D eigenvalue weighted by atomic mass is 10.1. The van der Waals surface area contributed by atoms with E-state index in [0.29, 0.717) is 23.9 Å². The first-order valence-electron chi connectivity index (χ1n) is 10.5. The molecule has 0 N–H and O–H groups in total. The number of nitrogens with zero attached hydrogens (tertiary/aromatic N) is 4. The summed E-state index contributed by atoms with van der Waals surface area (Å²) in [7, 11) is 0. The molecule has 1 saturated heterocycles. The van der Waals surface area contributed by atoms with Crippen LogP contribution < -0.4 is 0 Å². The van der Waals surface area contributed by atoms with Crippen LogP contribution in [0.25, 0.3) is 11.0 Å². The van der Waals surface area contributed by atoms with Crippen molar-refractivity contribution < 1.29 is 9.21 Å². The quantitative estimate of drug-likeness (QED) is 0.446. The van der Waals surface area contributed by atoms with Crippen molar-refractivity contribution in [2.24, 2.45) is 0 Å². The lowest BCUT2D eigenvalue weighted by molar-refractivity contribution is -0.133. The molecule has 4 aromatic rings. The summed E-state index contributed by atoms with van der Waals surface area (Å²) in [6.45, 7) is 2.91. The van der Waals surface area contributed by atoms with E-state index >= 15 is 0 Å².